The Kier molecular flexibility index (Phi) is 4.41. The molecule has 0 aliphatic heterocycles. The number of primary amides is 1. The van der Waals surface area contributed by atoms with Gasteiger partial charge >= 0.3 is 12.0 Å². The monoisotopic (exact) mass is 203 g/mol. The Hall–Kier alpha value is -1.79. The molecule has 3 amide bonds. The number of carbonyl (C=O) groups excluding carboxylic acids is 2. The largest absolute Gasteiger partial charge is 0.480 e. The molecule has 0 saturated carbocycles. The van der Waals surface area contributed by atoms with E-state index in [1.54, 1.807) is 0 Å². The highest BCUT2D eigenvalue weighted by Crippen LogP contribution is 1.92. The Morgan fingerprint density at radius 1 is 1.43 bits per heavy atom. The van der Waals surface area contributed by atoms with Gasteiger partial charge in [0.05, 0.1) is 6.42 Å². The molecule has 1 atom stereocenters. The lowest BCUT2D eigenvalue weighted by Crippen LogP contribution is -2.47. The molecule has 1 unspecified atom stereocenters. The number of rotatable bonds is 4. The first kappa shape index (κ1) is 12.2. The van der Waals surface area contributed by atoms with Crippen molar-refractivity contribution in [2.24, 2.45) is 5.73 Å². The zero-order chi connectivity index (χ0) is 11.3. The minimum absolute atomic E-state index is 0.422. The Labute approximate surface area is 80.9 Å². The molecule has 0 aliphatic carbocycles. The van der Waals surface area contributed by atoms with E-state index in [-0.39, 0.29) is 0 Å². The van der Waals surface area contributed by atoms with Crippen LogP contribution in [0.5, 0.6) is 0 Å². The van der Waals surface area contributed by atoms with Crippen LogP contribution in [0.3, 0.4) is 0 Å². The smallest absolute Gasteiger partial charge is 0.326 e. The highest BCUT2D eigenvalue weighted by molar-refractivity contribution is 5.87. The van der Waals surface area contributed by atoms with Gasteiger partial charge in [0.25, 0.3) is 0 Å². The summed E-state index contributed by atoms with van der Waals surface area (Å²) < 4.78 is 0. The van der Waals surface area contributed by atoms with E-state index in [4.69, 9.17) is 10.8 Å². The molecule has 0 rings (SSSR count). The lowest BCUT2D eigenvalue weighted by atomic mass is 10.2. The Morgan fingerprint density at radius 3 is 2.21 bits per heavy atom. The van der Waals surface area contributed by atoms with Crippen LogP contribution in [-0.4, -0.2) is 48.1 Å². The van der Waals surface area contributed by atoms with Crippen molar-refractivity contribution < 1.29 is 19.5 Å². The van der Waals surface area contributed by atoms with E-state index in [2.05, 4.69) is 5.32 Å². The minimum atomic E-state index is -1.29. The van der Waals surface area contributed by atoms with Gasteiger partial charge in [0.2, 0.25) is 5.91 Å². The predicted octanol–water partition coefficient (Wildman–Crippen LogP) is -1.41. The molecule has 0 radical (unpaired) electrons. The summed E-state index contributed by atoms with van der Waals surface area (Å²) in [7, 11) is 2.91. The first-order chi connectivity index (χ1) is 6.34. The molecule has 0 aliphatic rings. The van der Waals surface area contributed by atoms with Gasteiger partial charge in [-0.2, -0.15) is 0 Å². The fraction of sp³-hybridized carbons (Fsp3) is 0.571. The van der Waals surface area contributed by atoms with E-state index < -0.39 is 30.4 Å². The molecule has 0 fully saturated rings. The number of carbonyl (C=O) groups is 3. The maximum atomic E-state index is 11.0. The summed E-state index contributed by atoms with van der Waals surface area (Å²) in [6.45, 7) is 0. The first-order valence-electron chi connectivity index (χ1n) is 3.83. The zero-order valence-corrected chi connectivity index (χ0v) is 7.98. The van der Waals surface area contributed by atoms with Gasteiger partial charge in [-0.1, -0.05) is 0 Å². The second-order valence-corrected chi connectivity index (χ2v) is 2.91. The van der Waals surface area contributed by atoms with Crippen molar-refractivity contribution in [2.45, 2.75) is 12.5 Å². The molecular weight excluding hydrogens is 190 g/mol. The van der Waals surface area contributed by atoms with E-state index in [0.29, 0.717) is 0 Å². The molecule has 7 heteroatoms. The SMILES string of the molecule is CN(C)C(=O)NC(CC(N)=O)C(=O)O. The maximum Gasteiger partial charge on any atom is 0.326 e. The number of nitrogens with two attached hydrogens (primary N) is 1. The van der Waals surface area contributed by atoms with Gasteiger partial charge in [-0.15, -0.1) is 0 Å². The van der Waals surface area contributed by atoms with Crippen molar-refractivity contribution in [1.82, 2.24) is 10.2 Å². The fourth-order valence-electron chi connectivity index (χ4n) is 0.679. The highest BCUT2D eigenvalue weighted by atomic mass is 16.4. The van der Waals surface area contributed by atoms with E-state index in [9.17, 15) is 14.4 Å². The van der Waals surface area contributed by atoms with E-state index in [1.807, 2.05) is 0 Å². The number of hydrogen-bond donors (Lipinski definition) is 3. The maximum absolute atomic E-state index is 11.0. The Morgan fingerprint density at radius 2 is 1.93 bits per heavy atom. The average molecular weight is 203 g/mol. The third kappa shape index (κ3) is 4.29. The number of amides is 3. The van der Waals surface area contributed by atoms with Gasteiger partial charge in [-0.05, 0) is 0 Å². The van der Waals surface area contributed by atoms with Crippen molar-refractivity contribution >= 4 is 17.9 Å². The second-order valence-electron chi connectivity index (χ2n) is 2.91. The van der Waals surface area contributed by atoms with E-state index in [1.165, 1.54) is 14.1 Å². The molecule has 0 spiro atoms. The standard InChI is InChI=1S/C7H13N3O4/c1-10(2)7(14)9-4(6(12)13)3-5(8)11/h4H,3H2,1-2H3,(H2,8,11)(H,9,14)(H,12,13). The molecule has 0 aromatic heterocycles. The van der Waals surface area contributed by atoms with Crippen LogP contribution in [-0.2, 0) is 9.59 Å². The number of hydrogen-bond acceptors (Lipinski definition) is 3. The van der Waals surface area contributed by atoms with Crippen molar-refractivity contribution in [3.8, 4) is 0 Å². The average Bonchev–Trinajstić information content (AvgIpc) is 2.01. The zero-order valence-electron chi connectivity index (χ0n) is 7.98. The number of urea groups is 1. The molecule has 0 aromatic rings. The fourth-order valence-corrected chi connectivity index (χ4v) is 0.679. The molecule has 0 aromatic carbocycles. The van der Waals surface area contributed by atoms with Gasteiger partial charge in [0.15, 0.2) is 0 Å². The molecular formula is C7H13N3O4. The minimum Gasteiger partial charge on any atom is -0.480 e. The molecule has 80 valence electrons. The predicted molar refractivity (Wildman–Crippen MR) is 47.5 cm³/mol. The van der Waals surface area contributed by atoms with Gasteiger partial charge in [0.1, 0.15) is 6.04 Å². The summed E-state index contributed by atoms with van der Waals surface area (Å²) in [5.41, 5.74) is 4.82. The molecule has 0 heterocycles. The van der Waals surface area contributed by atoms with Gasteiger partial charge in [-0.25, -0.2) is 9.59 Å². The number of nitrogens with zero attached hydrogens (tertiary/aromatic N) is 1. The number of nitrogens with one attached hydrogen (secondary N) is 1. The van der Waals surface area contributed by atoms with E-state index >= 15 is 0 Å². The van der Waals surface area contributed by atoms with Crippen LogP contribution in [0.4, 0.5) is 4.79 Å². The van der Waals surface area contributed by atoms with Crippen LogP contribution in [0, 0.1) is 0 Å². The summed E-state index contributed by atoms with van der Waals surface area (Å²) in [5, 5.41) is 10.7. The van der Waals surface area contributed by atoms with Gasteiger partial charge < -0.3 is 21.1 Å². The number of carboxylic acid groups (broad SMARTS) is 1. The van der Waals surface area contributed by atoms with Crippen molar-refractivity contribution in [3.63, 3.8) is 0 Å². The van der Waals surface area contributed by atoms with Crippen molar-refractivity contribution in [2.75, 3.05) is 14.1 Å². The summed E-state index contributed by atoms with van der Waals surface area (Å²) in [4.78, 5) is 33.2. The third-order valence-electron chi connectivity index (χ3n) is 1.41. The van der Waals surface area contributed by atoms with Crippen LogP contribution in [0.25, 0.3) is 0 Å². The topological polar surface area (TPSA) is 113 Å². The molecule has 0 bridgehead atoms. The van der Waals surface area contributed by atoms with Crippen LogP contribution < -0.4 is 11.1 Å². The van der Waals surface area contributed by atoms with Crippen molar-refractivity contribution in [3.05, 3.63) is 0 Å². The summed E-state index contributed by atoms with van der Waals surface area (Å²) >= 11 is 0. The van der Waals surface area contributed by atoms with Crippen molar-refractivity contribution in [1.29, 1.82) is 0 Å². The lowest BCUT2D eigenvalue weighted by Gasteiger charge is -2.16. The van der Waals surface area contributed by atoms with Gasteiger partial charge in [-0.3, -0.25) is 4.79 Å². The first-order valence-corrected chi connectivity index (χ1v) is 3.83. The Bertz CT molecular complexity index is 251. The molecule has 0 saturated heterocycles. The lowest BCUT2D eigenvalue weighted by molar-refractivity contribution is -0.140. The van der Waals surface area contributed by atoms with Crippen LogP contribution in [0.2, 0.25) is 0 Å². The number of carboxylic acids is 1. The van der Waals surface area contributed by atoms with E-state index in [0.717, 1.165) is 4.90 Å². The third-order valence-corrected chi connectivity index (χ3v) is 1.41. The second kappa shape index (κ2) is 5.05. The molecule has 7 nitrogen and oxygen atoms in total. The normalized spacial score (nSPS) is 11.6. The molecule has 4 N–H and O–H groups in total. The number of aliphatic carboxylic acids is 1. The summed E-state index contributed by atoms with van der Waals surface area (Å²) in [5.74, 6) is -2.07. The summed E-state index contributed by atoms with van der Waals surface area (Å²) in [6.07, 6.45) is -0.422. The highest BCUT2D eigenvalue weighted by Gasteiger charge is 2.22. The Balaban J connectivity index is 4.31. The summed E-state index contributed by atoms with van der Waals surface area (Å²) in [6, 6.07) is -1.86. The van der Waals surface area contributed by atoms with Gasteiger partial charge in [0, 0.05) is 14.1 Å². The van der Waals surface area contributed by atoms with Crippen LogP contribution in [0.15, 0.2) is 0 Å². The van der Waals surface area contributed by atoms with Crippen LogP contribution in [0.1, 0.15) is 6.42 Å². The molecule has 14 heavy (non-hydrogen) atoms. The van der Waals surface area contributed by atoms with Crippen LogP contribution >= 0.6 is 0 Å². The quantitative estimate of drug-likeness (QED) is 0.520.